The Kier molecular flexibility index (Phi) is 7.17. The molecule has 1 radical (unpaired) electrons. The minimum atomic E-state index is -0.232. The van der Waals surface area contributed by atoms with Crippen LogP contribution in [-0.2, 0) is 44.0 Å². The maximum atomic E-state index is 11.6. The molecule has 0 amide bonds. The molecule has 7 heteroatoms. The molecule has 0 saturated carbocycles. The fourth-order valence-electron chi connectivity index (χ4n) is 0.988. The van der Waals surface area contributed by atoms with E-state index < -0.39 is 0 Å². The first kappa shape index (κ1) is 13.7. The molecule has 0 unspecified atom stereocenters. The van der Waals surface area contributed by atoms with Gasteiger partial charge in [0.05, 0.1) is 10.4 Å². The van der Waals surface area contributed by atoms with Crippen LogP contribution >= 0.6 is 28.5 Å². The molecule has 0 aliphatic rings. The predicted molar refractivity (Wildman–Crippen MR) is 62.2 cm³/mol. The van der Waals surface area contributed by atoms with Gasteiger partial charge in [0.15, 0.2) is 5.56 Å². The van der Waals surface area contributed by atoms with Crippen LogP contribution in [0, 0.1) is 0 Å². The Morgan fingerprint density at radius 2 is 2.40 bits per heavy atom. The summed E-state index contributed by atoms with van der Waals surface area (Å²) in [5.41, 5.74) is 7.30. The van der Waals surface area contributed by atoms with Gasteiger partial charge in [-0.2, -0.15) is 12.5 Å². The van der Waals surface area contributed by atoms with E-state index in [1.165, 1.54) is 4.57 Å². The molecule has 15 heavy (non-hydrogen) atoms. The molecule has 1 rings (SSSR count). The van der Waals surface area contributed by atoms with Gasteiger partial charge in [-0.15, -0.1) is 0 Å². The predicted octanol–water partition coefficient (Wildman–Crippen LogP) is 2.20. The molecule has 1 N–H and O–H groups in total. The van der Waals surface area contributed by atoms with E-state index in [1.807, 2.05) is 0 Å². The van der Waals surface area contributed by atoms with Crippen molar-refractivity contribution >= 4 is 34.3 Å². The number of halogens is 1. The second-order valence-corrected chi connectivity index (χ2v) is 3.64. The van der Waals surface area contributed by atoms with Crippen molar-refractivity contribution in [2.75, 3.05) is 12.5 Å². The van der Waals surface area contributed by atoms with Crippen molar-refractivity contribution in [2.45, 2.75) is 6.54 Å². The number of rotatable bonds is 5. The summed E-state index contributed by atoms with van der Waals surface area (Å²) in [7, 11) is 0. The van der Waals surface area contributed by atoms with Gasteiger partial charge < -0.3 is 15.0 Å². The van der Waals surface area contributed by atoms with E-state index in [0.29, 0.717) is 17.6 Å². The normalized spacial score (nSPS) is 10.6. The van der Waals surface area contributed by atoms with Gasteiger partial charge in [0, 0.05) is 39.3 Å². The molecule has 0 aromatic carbocycles. The second kappa shape index (κ2) is 7.84. The SMILES string of the molecule is [3H]SCOCCn1c([NH-])ccc(Br)c1=O.[Y]. The Hall–Kier alpha value is 0.644. The number of aromatic nitrogens is 1. The summed E-state index contributed by atoms with van der Waals surface area (Å²) in [5.74, 6) is 0.432. The maximum Gasteiger partial charge on any atom is 0.185 e. The number of hydrogen-bond donors (Lipinski definition) is 1. The molecule has 0 fully saturated rings. The zero-order valence-corrected chi connectivity index (χ0v) is 13.1. The van der Waals surface area contributed by atoms with Crippen molar-refractivity contribution in [1.29, 1.82) is 1.12 Å². The molecule has 1 aromatic heterocycles. The third-order valence-electron chi connectivity index (χ3n) is 1.67. The number of ether oxygens (including phenoxy) is 1. The van der Waals surface area contributed by atoms with Crippen molar-refractivity contribution in [3.05, 3.63) is 32.7 Å². The summed E-state index contributed by atoms with van der Waals surface area (Å²) < 4.78 is 13.6. The van der Waals surface area contributed by atoms with E-state index in [4.69, 9.17) is 11.6 Å². The Bertz CT molecular complexity index is 391. The van der Waals surface area contributed by atoms with Crippen LogP contribution in [0.2, 0.25) is 0 Å². The number of pyridine rings is 1. The Morgan fingerprint density at radius 3 is 3.07 bits per heavy atom. The first-order chi connectivity index (χ1) is 7.16. The minimum absolute atomic E-state index is 0. The van der Waals surface area contributed by atoms with E-state index >= 15 is 0 Å². The molecule has 1 heterocycles. The van der Waals surface area contributed by atoms with Crippen molar-refractivity contribution < 1.29 is 37.4 Å². The monoisotopic (exact) mass is 368 g/mol. The van der Waals surface area contributed by atoms with Crippen molar-refractivity contribution in [3.8, 4) is 0 Å². The molecule has 0 saturated heterocycles. The van der Waals surface area contributed by atoms with Crippen LogP contribution in [0.3, 0.4) is 0 Å². The number of hydrogen-bond acceptors (Lipinski definition) is 3. The summed E-state index contributed by atoms with van der Waals surface area (Å²) in [6.07, 6.45) is 0. The standard InChI is InChI=1S/C8H11BrN2O2S.Y/c9-6-1-2-7(10)11(8(6)12)3-4-13-5-14;/h1-2H,3-5H2,(H3,10,12,14);/p-1/i/hT. The fourth-order valence-corrected chi connectivity index (χ4v) is 1.45. The molecule has 0 bridgehead atoms. The van der Waals surface area contributed by atoms with Gasteiger partial charge >= 0.3 is 0 Å². The minimum Gasteiger partial charge on any atom is -0.482 e. The molecular formula is C8H10BrN2O2SY-. The summed E-state index contributed by atoms with van der Waals surface area (Å²) >= 11 is 3.94. The fraction of sp³-hybridized carbons (Fsp3) is 0.375. The van der Waals surface area contributed by atoms with Gasteiger partial charge in [0.1, 0.15) is 1.12 Å². The third-order valence-corrected chi connectivity index (χ3v) is 2.44. The Morgan fingerprint density at radius 1 is 1.67 bits per heavy atom. The van der Waals surface area contributed by atoms with Crippen molar-refractivity contribution in [3.63, 3.8) is 0 Å². The second-order valence-electron chi connectivity index (χ2n) is 2.55. The summed E-state index contributed by atoms with van der Waals surface area (Å²) in [4.78, 5) is 11.6. The number of nitrogens with one attached hydrogen (secondary N) is 1. The van der Waals surface area contributed by atoms with Gasteiger partial charge in [-0.1, -0.05) is 11.9 Å². The molecule has 0 aliphatic heterocycles. The average Bonchev–Trinajstić information content (AvgIpc) is 2.23. The van der Waals surface area contributed by atoms with Gasteiger partial charge in [-0.25, -0.2) is 0 Å². The third kappa shape index (κ3) is 4.57. The van der Waals surface area contributed by atoms with Crippen LogP contribution in [-0.4, -0.2) is 18.2 Å². The van der Waals surface area contributed by atoms with E-state index in [1.54, 1.807) is 12.1 Å². The quantitative estimate of drug-likeness (QED) is 0.492. The maximum absolute atomic E-state index is 11.6. The average molecular weight is 369 g/mol. The van der Waals surface area contributed by atoms with Gasteiger partial charge in [0.2, 0.25) is 0 Å². The smallest absolute Gasteiger partial charge is 0.185 e. The van der Waals surface area contributed by atoms with Gasteiger partial charge in [-0.05, 0) is 28.5 Å². The largest absolute Gasteiger partial charge is 0.482 e. The summed E-state index contributed by atoms with van der Waals surface area (Å²) in [5, 5.41) is 0. The molecule has 0 spiro atoms. The van der Waals surface area contributed by atoms with E-state index in [-0.39, 0.29) is 50.0 Å². The van der Waals surface area contributed by atoms with Crippen LogP contribution < -0.4 is 5.56 Å². The molecule has 0 aliphatic carbocycles. The van der Waals surface area contributed by atoms with Crippen LogP contribution in [0.25, 0.3) is 5.73 Å². The first-order valence-electron chi connectivity index (χ1n) is 4.34. The topological polar surface area (TPSA) is 55.0 Å². The molecule has 1 aromatic rings. The van der Waals surface area contributed by atoms with Gasteiger partial charge in [0.25, 0.3) is 0 Å². The zero-order valence-electron chi connectivity index (χ0n) is 8.90. The van der Waals surface area contributed by atoms with Crippen LogP contribution in [0.15, 0.2) is 21.4 Å². The van der Waals surface area contributed by atoms with Gasteiger partial charge in [-0.3, -0.25) is 4.79 Å². The Labute approximate surface area is 128 Å². The van der Waals surface area contributed by atoms with Crippen molar-refractivity contribution in [1.82, 2.24) is 4.57 Å². The van der Waals surface area contributed by atoms with Crippen LogP contribution in [0.5, 0.6) is 0 Å². The summed E-state index contributed by atoms with van der Waals surface area (Å²) in [6.45, 7) is 0.659. The number of nitrogens with zero attached hydrogens (tertiary/aromatic N) is 1. The van der Waals surface area contributed by atoms with Crippen molar-refractivity contribution in [2.24, 2.45) is 0 Å². The zero-order chi connectivity index (χ0) is 11.3. The summed E-state index contributed by atoms with van der Waals surface area (Å²) in [6, 6.07) is 3.10. The molecule has 0 atom stereocenters. The van der Waals surface area contributed by atoms with Crippen LogP contribution in [0.4, 0.5) is 5.82 Å². The Balaban J connectivity index is 0.00000225. The van der Waals surface area contributed by atoms with Crippen LogP contribution in [0.1, 0.15) is 0 Å². The number of thiol groups is 1. The first-order valence-corrected chi connectivity index (χ1v) is 5.30. The van der Waals surface area contributed by atoms with E-state index in [2.05, 4.69) is 15.9 Å². The van der Waals surface area contributed by atoms with E-state index in [0.717, 1.165) is 12.5 Å². The molecule has 81 valence electrons. The van der Waals surface area contributed by atoms with E-state index in [9.17, 15) is 4.79 Å². The molecule has 4 nitrogen and oxygen atoms in total. The molecular weight excluding hydrogens is 357 g/mol.